The van der Waals surface area contributed by atoms with E-state index >= 15 is 0 Å². The molecule has 1 atom stereocenters. The number of carbonyl (C=O) groups is 2. The molecule has 0 aliphatic heterocycles. The SMILES string of the molecule is CC(C)c1cc(NC(=O)C(=O)NCCS(=O)Cc2ccccc2)n(-c2ncccn2)n1. The summed E-state index contributed by atoms with van der Waals surface area (Å²) >= 11 is 0. The quantitative estimate of drug-likeness (QED) is 0.516. The van der Waals surface area contributed by atoms with Crippen LogP contribution in [0, 0.1) is 0 Å². The van der Waals surface area contributed by atoms with E-state index in [0.29, 0.717) is 11.6 Å². The molecule has 0 bridgehead atoms. The van der Waals surface area contributed by atoms with Gasteiger partial charge in [-0.15, -0.1) is 0 Å². The number of hydrogen-bond donors (Lipinski definition) is 2. The first-order valence-electron chi connectivity index (χ1n) is 9.79. The van der Waals surface area contributed by atoms with Gasteiger partial charge in [-0.05, 0) is 17.5 Å². The van der Waals surface area contributed by atoms with Gasteiger partial charge in [-0.3, -0.25) is 13.8 Å². The van der Waals surface area contributed by atoms with E-state index in [1.807, 2.05) is 44.2 Å². The van der Waals surface area contributed by atoms with Crippen LogP contribution >= 0.6 is 0 Å². The number of rotatable bonds is 8. The standard InChI is InChI=1S/C21H24N6O3S/c1-15(2)17-13-18(27(26-17)21-23-9-6-10-24-21)25-20(29)19(28)22-11-12-31(30)14-16-7-4-3-5-8-16/h3-10,13,15H,11-12,14H2,1-2H3,(H,22,28)(H,25,29). The van der Waals surface area contributed by atoms with Crippen LogP contribution in [0.5, 0.6) is 0 Å². The van der Waals surface area contributed by atoms with Crippen LogP contribution in [0.1, 0.15) is 31.0 Å². The number of carbonyl (C=O) groups excluding carboxylic acids is 2. The molecule has 0 aliphatic rings. The van der Waals surface area contributed by atoms with Crippen molar-refractivity contribution in [3.8, 4) is 5.95 Å². The van der Waals surface area contributed by atoms with Crippen molar-refractivity contribution >= 4 is 28.4 Å². The molecule has 1 unspecified atom stereocenters. The number of hydrogen-bond acceptors (Lipinski definition) is 6. The van der Waals surface area contributed by atoms with Gasteiger partial charge in [0.15, 0.2) is 0 Å². The summed E-state index contributed by atoms with van der Waals surface area (Å²) in [7, 11) is -1.15. The molecule has 3 aromatic rings. The van der Waals surface area contributed by atoms with Crippen molar-refractivity contribution in [1.82, 2.24) is 25.1 Å². The lowest BCUT2D eigenvalue weighted by molar-refractivity contribution is -0.136. The van der Waals surface area contributed by atoms with Gasteiger partial charge in [-0.1, -0.05) is 44.2 Å². The molecule has 9 nitrogen and oxygen atoms in total. The second-order valence-corrected chi connectivity index (χ2v) is 8.63. The van der Waals surface area contributed by atoms with Gasteiger partial charge in [0, 0.05) is 47.3 Å². The first-order chi connectivity index (χ1) is 14.9. The molecular formula is C21H24N6O3S. The molecule has 2 heterocycles. The summed E-state index contributed by atoms with van der Waals surface area (Å²) in [5.41, 5.74) is 1.68. The highest BCUT2D eigenvalue weighted by molar-refractivity contribution is 7.84. The second-order valence-electron chi connectivity index (χ2n) is 7.05. The highest BCUT2D eigenvalue weighted by Gasteiger charge is 2.19. The first-order valence-corrected chi connectivity index (χ1v) is 11.3. The second kappa shape index (κ2) is 10.6. The number of anilines is 1. The zero-order valence-corrected chi connectivity index (χ0v) is 18.1. The fourth-order valence-electron chi connectivity index (χ4n) is 2.69. The molecule has 10 heteroatoms. The van der Waals surface area contributed by atoms with Gasteiger partial charge in [0.25, 0.3) is 5.95 Å². The number of aromatic nitrogens is 4. The smallest absolute Gasteiger partial charge is 0.314 e. The Morgan fingerprint density at radius 3 is 2.45 bits per heavy atom. The molecule has 31 heavy (non-hydrogen) atoms. The molecular weight excluding hydrogens is 416 g/mol. The lowest BCUT2D eigenvalue weighted by Gasteiger charge is -2.08. The Kier molecular flexibility index (Phi) is 7.60. The lowest BCUT2D eigenvalue weighted by atomic mass is 10.1. The van der Waals surface area contributed by atoms with Gasteiger partial charge in [-0.25, -0.2) is 9.97 Å². The predicted molar refractivity (Wildman–Crippen MR) is 118 cm³/mol. The van der Waals surface area contributed by atoms with Gasteiger partial charge < -0.3 is 10.6 Å². The van der Waals surface area contributed by atoms with Crippen molar-refractivity contribution in [2.24, 2.45) is 0 Å². The van der Waals surface area contributed by atoms with Crippen LogP contribution in [-0.2, 0) is 26.1 Å². The normalized spacial score (nSPS) is 11.8. The molecule has 0 saturated carbocycles. The summed E-state index contributed by atoms with van der Waals surface area (Å²) in [5.74, 6) is -0.331. The number of amides is 2. The van der Waals surface area contributed by atoms with E-state index < -0.39 is 22.6 Å². The van der Waals surface area contributed by atoms with Crippen molar-refractivity contribution in [1.29, 1.82) is 0 Å². The molecule has 0 radical (unpaired) electrons. The van der Waals surface area contributed by atoms with E-state index in [4.69, 9.17) is 0 Å². The van der Waals surface area contributed by atoms with Crippen molar-refractivity contribution in [2.45, 2.75) is 25.5 Å². The van der Waals surface area contributed by atoms with Crippen molar-refractivity contribution < 1.29 is 13.8 Å². The van der Waals surface area contributed by atoms with E-state index in [-0.39, 0.29) is 24.2 Å². The molecule has 0 aliphatic carbocycles. The van der Waals surface area contributed by atoms with E-state index in [9.17, 15) is 13.8 Å². The minimum atomic E-state index is -1.15. The summed E-state index contributed by atoms with van der Waals surface area (Å²) < 4.78 is 13.5. The third-order valence-electron chi connectivity index (χ3n) is 4.29. The van der Waals surface area contributed by atoms with Crippen LogP contribution in [0.15, 0.2) is 54.9 Å². The van der Waals surface area contributed by atoms with Gasteiger partial charge in [0.1, 0.15) is 5.82 Å². The maximum Gasteiger partial charge on any atom is 0.314 e. The Labute approximate surface area is 182 Å². The molecule has 0 spiro atoms. The number of nitrogens with zero attached hydrogens (tertiary/aromatic N) is 4. The van der Waals surface area contributed by atoms with Gasteiger partial charge in [0.05, 0.1) is 5.69 Å². The third-order valence-corrected chi connectivity index (χ3v) is 5.61. The highest BCUT2D eigenvalue weighted by atomic mass is 32.2. The number of nitrogens with one attached hydrogen (secondary N) is 2. The van der Waals surface area contributed by atoms with E-state index in [0.717, 1.165) is 11.3 Å². The zero-order valence-electron chi connectivity index (χ0n) is 17.3. The van der Waals surface area contributed by atoms with Crippen molar-refractivity contribution in [3.63, 3.8) is 0 Å². The van der Waals surface area contributed by atoms with Crippen molar-refractivity contribution in [2.75, 3.05) is 17.6 Å². The Morgan fingerprint density at radius 2 is 1.77 bits per heavy atom. The molecule has 2 amide bonds. The third kappa shape index (κ3) is 6.29. The maximum atomic E-state index is 12.4. The van der Waals surface area contributed by atoms with Crippen LogP contribution < -0.4 is 10.6 Å². The minimum Gasteiger partial charge on any atom is -0.347 e. The Bertz CT molecular complexity index is 1050. The lowest BCUT2D eigenvalue weighted by Crippen LogP contribution is -2.37. The van der Waals surface area contributed by atoms with E-state index in [1.54, 1.807) is 24.5 Å². The fraction of sp³-hybridized carbons (Fsp3) is 0.286. The summed E-state index contributed by atoms with van der Waals surface area (Å²) in [5, 5.41) is 9.48. The van der Waals surface area contributed by atoms with E-state index in [2.05, 4.69) is 25.7 Å². The van der Waals surface area contributed by atoms with Crippen LogP contribution in [0.3, 0.4) is 0 Å². The zero-order chi connectivity index (χ0) is 22.2. The van der Waals surface area contributed by atoms with Crippen LogP contribution in [-0.4, -0.2) is 48.1 Å². The average Bonchev–Trinajstić information content (AvgIpc) is 3.19. The summed E-state index contributed by atoms with van der Waals surface area (Å²) in [6.07, 6.45) is 3.12. The summed E-state index contributed by atoms with van der Waals surface area (Å²) in [4.78, 5) is 32.8. The highest BCUT2D eigenvalue weighted by Crippen LogP contribution is 2.20. The van der Waals surface area contributed by atoms with Gasteiger partial charge >= 0.3 is 11.8 Å². The first kappa shape index (κ1) is 22.3. The summed E-state index contributed by atoms with van der Waals surface area (Å²) in [6, 6.07) is 12.8. The topological polar surface area (TPSA) is 119 Å². The summed E-state index contributed by atoms with van der Waals surface area (Å²) in [6.45, 7) is 4.06. The van der Waals surface area contributed by atoms with Crippen LogP contribution in [0.2, 0.25) is 0 Å². The van der Waals surface area contributed by atoms with Gasteiger partial charge in [-0.2, -0.15) is 9.78 Å². The Morgan fingerprint density at radius 1 is 1.06 bits per heavy atom. The van der Waals surface area contributed by atoms with Crippen molar-refractivity contribution in [3.05, 3.63) is 66.1 Å². The fourth-order valence-corrected chi connectivity index (χ4v) is 3.73. The maximum absolute atomic E-state index is 12.4. The molecule has 1 aromatic carbocycles. The van der Waals surface area contributed by atoms with Crippen LogP contribution in [0.4, 0.5) is 5.82 Å². The monoisotopic (exact) mass is 440 g/mol. The number of benzene rings is 1. The van der Waals surface area contributed by atoms with E-state index in [1.165, 1.54) is 4.68 Å². The Balaban J connectivity index is 1.57. The minimum absolute atomic E-state index is 0.106. The molecule has 3 rings (SSSR count). The largest absolute Gasteiger partial charge is 0.347 e. The molecule has 162 valence electrons. The molecule has 2 N–H and O–H groups in total. The van der Waals surface area contributed by atoms with Gasteiger partial charge in [0.2, 0.25) is 0 Å². The molecule has 0 fully saturated rings. The Hall–Kier alpha value is -3.40. The molecule has 0 saturated heterocycles. The molecule has 2 aromatic heterocycles. The predicted octanol–water partition coefficient (Wildman–Crippen LogP) is 1.79. The van der Waals surface area contributed by atoms with Crippen LogP contribution in [0.25, 0.3) is 5.95 Å². The average molecular weight is 441 g/mol.